The molecule has 0 bridgehead atoms. The number of hydrogen-bond acceptors (Lipinski definition) is 3. The maximum absolute atomic E-state index is 5.85. The van der Waals surface area contributed by atoms with Crippen molar-refractivity contribution in [2.24, 2.45) is 11.8 Å². The topological polar surface area (TPSA) is 47.3 Å². The number of nitrogens with one attached hydrogen (secondary N) is 1. The summed E-state index contributed by atoms with van der Waals surface area (Å²) in [5.41, 5.74) is 5.90. The third-order valence-corrected chi connectivity index (χ3v) is 4.26. The zero-order valence-corrected chi connectivity index (χ0v) is 13.0. The predicted molar refractivity (Wildman–Crippen MR) is 83.4 cm³/mol. The predicted octanol–water partition coefficient (Wildman–Crippen LogP) is 3.31. The minimum Gasteiger partial charge on any atom is -0.381 e. The normalized spacial score (nSPS) is 19.0. The number of benzene rings is 1. The minimum atomic E-state index is 0.140. The molecular weight excluding hydrogens is 248 g/mol. The molecule has 0 saturated carbocycles. The van der Waals surface area contributed by atoms with Crippen LogP contribution in [0.5, 0.6) is 0 Å². The van der Waals surface area contributed by atoms with Crippen molar-refractivity contribution in [1.82, 2.24) is 5.43 Å². The van der Waals surface area contributed by atoms with E-state index in [4.69, 9.17) is 10.6 Å². The van der Waals surface area contributed by atoms with E-state index in [-0.39, 0.29) is 11.5 Å². The molecule has 0 amide bonds. The lowest BCUT2D eigenvalue weighted by atomic mass is 9.79. The van der Waals surface area contributed by atoms with Gasteiger partial charge in [0.2, 0.25) is 0 Å². The molecule has 20 heavy (non-hydrogen) atoms. The molecule has 1 unspecified atom stereocenters. The molecule has 0 radical (unpaired) electrons. The third kappa shape index (κ3) is 3.81. The highest BCUT2D eigenvalue weighted by Gasteiger charge is 2.25. The molecule has 1 aliphatic heterocycles. The van der Waals surface area contributed by atoms with Crippen molar-refractivity contribution in [3.8, 4) is 0 Å². The first-order valence-corrected chi connectivity index (χ1v) is 7.65. The Morgan fingerprint density at radius 3 is 2.50 bits per heavy atom. The molecule has 112 valence electrons. The van der Waals surface area contributed by atoms with Gasteiger partial charge >= 0.3 is 0 Å². The second kappa shape index (κ2) is 6.70. The molecule has 0 spiro atoms. The van der Waals surface area contributed by atoms with Crippen LogP contribution in [-0.4, -0.2) is 13.2 Å². The molecule has 1 aliphatic rings. The highest BCUT2D eigenvalue weighted by Crippen LogP contribution is 2.33. The monoisotopic (exact) mass is 276 g/mol. The first kappa shape index (κ1) is 15.5. The molecule has 0 aliphatic carbocycles. The lowest BCUT2D eigenvalue weighted by molar-refractivity contribution is 0.0604. The van der Waals surface area contributed by atoms with E-state index in [9.17, 15) is 0 Å². The van der Waals surface area contributed by atoms with E-state index in [0.29, 0.717) is 5.92 Å². The van der Waals surface area contributed by atoms with Crippen LogP contribution in [0.15, 0.2) is 24.3 Å². The Hall–Kier alpha value is -0.900. The van der Waals surface area contributed by atoms with Gasteiger partial charge in [0.15, 0.2) is 0 Å². The quantitative estimate of drug-likeness (QED) is 0.655. The first-order valence-electron chi connectivity index (χ1n) is 7.65. The number of hydrogen-bond donors (Lipinski definition) is 2. The van der Waals surface area contributed by atoms with Crippen LogP contribution in [0.2, 0.25) is 0 Å². The lowest BCUT2D eigenvalue weighted by Gasteiger charge is -2.30. The molecule has 3 N–H and O–H groups in total. The van der Waals surface area contributed by atoms with Gasteiger partial charge in [-0.15, -0.1) is 0 Å². The van der Waals surface area contributed by atoms with Crippen molar-refractivity contribution >= 4 is 0 Å². The van der Waals surface area contributed by atoms with Crippen LogP contribution in [0.3, 0.4) is 0 Å². The van der Waals surface area contributed by atoms with E-state index in [2.05, 4.69) is 50.5 Å². The smallest absolute Gasteiger partial charge is 0.0468 e. The van der Waals surface area contributed by atoms with E-state index >= 15 is 0 Å². The van der Waals surface area contributed by atoms with E-state index in [1.54, 1.807) is 0 Å². The van der Waals surface area contributed by atoms with Gasteiger partial charge in [-0.25, -0.2) is 0 Å². The Morgan fingerprint density at radius 1 is 1.25 bits per heavy atom. The van der Waals surface area contributed by atoms with Crippen LogP contribution in [0, 0.1) is 5.92 Å². The molecule has 3 nitrogen and oxygen atoms in total. The van der Waals surface area contributed by atoms with Gasteiger partial charge in [-0.05, 0) is 41.7 Å². The fourth-order valence-corrected chi connectivity index (χ4v) is 3.08. The highest BCUT2D eigenvalue weighted by atomic mass is 16.5. The lowest BCUT2D eigenvalue weighted by Crippen LogP contribution is -2.33. The Kier molecular flexibility index (Phi) is 5.19. The molecule has 1 aromatic carbocycles. The molecular formula is C17H28N2O. The van der Waals surface area contributed by atoms with Crippen LogP contribution in [-0.2, 0) is 10.2 Å². The van der Waals surface area contributed by atoms with Crippen LogP contribution in [0.25, 0.3) is 0 Å². The molecule has 1 aromatic rings. The maximum Gasteiger partial charge on any atom is 0.0468 e. The zero-order chi connectivity index (χ0) is 14.6. The van der Waals surface area contributed by atoms with Crippen LogP contribution < -0.4 is 11.3 Å². The molecule has 1 saturated heterocycles. The van der Waals surface area contributed by atoms with Crippen LogP contribution in [0.1, 0.15) is 57.2 Å². The molecule has 1 heterocycles. The summed E-state index contributed by atoms with van der Waals surface area (Å²) in [6, 6.07) is 8.90. The van der Waals surface area contributed by atoms with Crippen molar-refractivity contribution < 1.29 is 4.74 Å². The fourth-order valence-electron chi connectivity index (χ4n) is 3.08. The summed E-state index contributed by atoms with van der Waals surface area (Å²) in [4.78, 5) is 0. The Labute approximate surface area is 122 Å². The summed E-state index contributed by atoms with van der Waals surface area (Å²) < 4.78 is 5.45. The Balaban J connectivity index is 2.18. The third-order valence-electron chi connectivity index (χ3n) is 4.26. The largest absolute Gasteiger partial charge is 0.381 e. The second-order valence-electron chi connectivity index (χ2n) is 6.85. The number of hydrazine groups is 1. The summed E-state index contributed by atoms with van der Waals surface area (Å²) >= 11 is 0. The SMILES string of the molecule is CC(C)(C)c1ccccc1C(CC1CCOCC1)NN. The second-order valence-corrected chi connectivity index (χ2v) is 6.85. The molecule has 1 fully saturated rings. The molecule has 1 atom stereocenters. The average Bonchev–Trinajstić information content (AvgIpc) is 2.45. The standard InChI is InChI=1S/C17H28N2O/c1-17(2,3)15-7-5-4-6-14(15)16(19-18)12-13-8-10-20-11-9-13/h4-7,13,16,19H,8-12,18H2,1-3H3. The number of ether oxygens (including phenoxy) is 1. The van der Waals surface area contributed by atoms with E-state index in [0.717, 1.165) is 32.5 Å². The summed E-state index contributed by atoms with van der Waals surface area (Å²) in [6.45, 7) is 8.56. The van der Waals surface area contributed by atoms with Gasteiger partial charge in [-0.1, -0.05) is 45.0 Å². The summed E-state index contributed by atoms with van der Waals surface area (Å²) in [5.74, 6) is 6.56. The van der Waals surface area contributed by atoms with Gasteiger partial charge in [0.05, 0.1) is 0 Å². The van der Waals surface area contributed by atoms with E-state index < -0.39 is 0 Å². The molecule has 0 aromatic heterocycles. The van der Waals surface area contributed by atoms with Gasteiger partial charge in [-0.2, -0.15) is 0 Å². The first-order chi connectivity index (χ1) is 9.52. The van der Waals surface area contributed by atoms with Crippen molar-refractivity contribution in [3.05, 3.63) is 35.4 Å². The average molecular weight is 276 g/mol. The summed E-state index contributed by atoms with van der Waals surface area (Å²) in [6.07, 6.45) is 3.39. The highest BCUT2D eigenvalue weighted by molar-refractivity contribution is 5.35. The van der Waals surface area contributed by atoms with Crippen molar-refractivity contribution in [2.75, 3.05) is 13.2 Å². The number of rotatable bonds is 4. The van der Waals surface area contributed by atoms with Gasteiger partial charge in [0, 0.05) is 19.3 Å². The van der Waals surface area contributed by atoms with Crippen molar-refractivity contribution in [1.29, 1.82) is 0 Å². The minimum absolute atomic E-state index is 0.140. The fraction of sp³-hybridized carbons (Fsp3) is 0.647. The maximum atomic E-state index is 5.85. The molecule has 2 rings (SSSR count). The Morgan fingerprint density at radius 2 is 1.90 bits per heavy atom. The zero-order valence-electron chi connectivity index (χ0n) is 13.0. The summed E-state index contributed by atoms with van der Waals surface area (Å²) in [7, 11) is 0. The van der Waals surface area contributed by atoms with Crippen LogP contribution >= 0.6 is 0 Å². The van der Waals surface area contributed by atoms with Gasteiger partial charge < -0.3 is 4.74 Å². The van der Waals surface area contributed by atoms with E-state index in [1.807, 2.05) is 0 Å². The summed E-state index contributed by atoms with van der Waals surface area (Å²) in [5, 5.41) is 0. The van der Waals surface area contributed by atoms with Gasteiger partial charge in [0.1, 0.15) is 0 Å². The number of nitrogens with two attached hydrogens (primary N) is 1. The molecule has 3 heteroatoms. The van der Waals surface area contributed by atoms with Crippen molar-refractivity contribution in [2.45, 2.75) is 51.5 Å². The van der Waals surface area contributed by atoms with Crippen molar-refractivity contribution in [3.63, 3.8) is 0 Å². The van der Waals surface area contributed by atoms with Gasteiger partial charge in [0.25, 0.3) is 0 Å². The van der Waals surface area contributed by atoms with Crippen LogP contribution in [0.4, 0.5) is 0 Å². The van der Waals surface area contributed by atoms with E-state index in [1.165, 1.54) is 11.1 Å². The Bertz CT molecular complexity index is 419. The van der Waals surface area contributed by atoms with Gasteiger partial charge in [-0.3, -0.25) is 11.3 Å².